The highest BCUT2D eigenvalue weighted by Crippen LogP contribution is 2.28. The molecule has 1 unspecified atom stereocenters. The number of fused-ring (bicyclic) bond motifs is 1. The molecule has 0 aliphatic rings. The van der Waals surface area contributed by atoms with Gasteiger partial charge in [-0.2, -0.15) is 0 Å². The minimum Gasteiger partial charge on any atom is -0.350 e. The Labute approximate surface area is 167 Å². The second-order valence-corrected chi connectivity index (χ2v) is 8.43. The van der Waals surface area contributed by atoms with E-state index in [1.165, 1.54) is 5.56 Å². The molecule has 148 valence electrons. The minimum absolute atomic E-state index is 0.0524. The molecule has 0 spiro atoms. The van der Waals surface area contributed by atoms with E-state index in [4.69, 9.17) is 4.98 Å². The second-order valence-electron chi connectivity index (χ2n) is 8.43. The molecule has 1 amide bonds. The van der Waals surface area contributed by atoms with Crippen LogP contribution in [-0.2, 0) is 5.54 Å². The van der Waals surface area contributed by atoms with Crippen molar-refractivity contribution in [1.29, 1.82) is 0 Å². The summed E-state index contributed by atoms with van der Waals surface area (Å²) in [5.74, 6) is 0.706. The lowest BCUT2D eigenvalue weighted by molar-refractivity contribution is 0.0940. The Balaban J connectivity index is 2.03. The Hall–Kier alpha value is -2.82. The SMILES string of the molecule is CCC(C)NC(=O)c1cn(C(C)(C)C)c2nc(Nc3ccc(C)cc3)ccc12. The highest BCUT2D eigenvalue weighted by atomic mass is 16.1. The van der Waals surface area contributed by atoms with Crippen LogP contribution in [0.4, 0.5) is 11.5 Å². The van der Waals surface area contributed by atoms with Crippen molar-refractivity contribution in [1.82, 2.24) is 14.9 Å². The molecule has 2 aromatic heterocycles. The van der Waals surface area contributed by atoms with Crippen molar-refractivity contribution < 1.29 is 4.79 Å². The molecule has 0 saturated heterocycles. The molecular weight excluding hydrogens is 348 g/mol. The number of anilines is 2. The summed E-state index contributed by atoms with van der Waals surface area (Å²) >= 11 is 0. The molecule has 2 N–H and O–H groups in total. The van der Waals surface area contributed by atoms with Gasteiger partial charge in [0.2, 0.25) is 0 Å². The van der Waals surface area contributed by atoms with Gasteiger partial charge in [-0.15, -0.1) is 0 Å². The van der Waals surface area contributed by atoms with Crippen LogP contribution >= 0.6 is 0 Å². The van der Waals surface area contributed by atoms with Gasteiger partial charge in [-0.05, 0) is 65.3 Å². The fourth-order valence-corrected chi connectivity index (χ4v) is 3.05. The summed E-state index contributed by atoms with van der Waals surface area (Å²) in [4.78, 5) is 17.6. The standard InChI is InChI=1S/C23H30N4O/c1-7-16(3)24-22(28)19-14-27(23(4,5)6)21-18(19)12-13-20(26-21)25-17-10-8-15(2)9-11-17/h8-14,16H,7H2,1-6H3,(H,24,28)(H,25,26). The third-order valence-corrected chi connectivity index (χ3v) is 4.93. The van der Waals surface area contributed by atoms with E-state index in [1.54, 1.807) is 0 Å². The number of hydrogen-bond acceptors (Lipinski definition) is 3. The summed E-state index contributed by atoms with van der Waals surface area (Å²) in [6.07, 6.45) is 2.82. The van der Waals surface area contributed by atoms with E-state index < -0.39 is 0 Å². The number of carbonyl (C=O) groups excluding carboxylic acids is 1. The monoisotopic (exact) mass is 378 g/mol. The highest BCUT2D eigenvalue weighted by Gasteiger charge is 2.23. The van der Waals surface area contributed by atoms with Gasteiger partial charge in [0, 0.05) is 28.9 Å². The Morgan fingerprint density at radius 1 is 1.14 bits per heavy atom. The molecule has 0 radical (unpaired) electrons. The van der Waals surface area contributed by atoms with Crippen molar-refractivity contribution in [3.63, 3.8) is 0 Å². The quantitative estimate of drug-likeness (QED) is 0.627. The van der Waals surface area contributed by atoms with Crippen LogP contribution < -0.4 is 10.6 Å². The van der Waals surface area contributed by atoms with Gasteiger partial charge < -0.3 is 15.2 Å². The average Bonchev–Trinajstić information content (AvgIpc) is 3.03. The first-order chi connectivity index (χ1) is 13.2. The predicted molar refractivity (Wildman–Crippen MR) is 116 cm³/mol. The Morgan fingerprint density at radius 2 is 1.82 bits per heavy atom. The van der Waals surface area contributed by atoms with Gasteiger partial charge in [0.1, 0.15) is 11.5 Å². The average molecular weight is 379 g/mol. The number of hydrogen-bond donors (Lipinski definition) is 2. The molecule has 28 heavy (non-hydrogen) atoms. The van der Waals surface area contributed by atoms with Crippen LogP contribution in [0, 0.1) is 6.92 Å². The number of amides is 1. The van der Waals surface area contributed by atoms with Gasteiger partial charge in [0.15, 0.2) is 0 Å². The zero-order valence-corrected chi connectivity index (χ0v) is 17.6. The summed E-state index contributed by atoms with van der Waals surface area (Å²) in [5, 5.41) is 7.29. The van der Waals surface area contributed by atoms with Gasteiger partial charge in [0.05, 0.1) is 5.56 Å². The van der Waals surface area contributed by atoms with Gasteiger partial charge in [0.25, 0.3) is 5.91 Å². The highest BCUT2D eigenvalue weighted by molar-refractivity contribution is 6.06. The molecule has 3 rings (SSSR count). The summed E-state index contributed by atoms with van der Waals surface area (Å²) < 4.78 is 2.08. The van der Waals surface area contributed by atoms with Crippen LogP contribution in [0.15, 0.2) is 42.6 Å². The number of aromatic nitrogens is 2. The first kappa shape index (κ1) is 19.9. The number of carbonyl (C=O) groups is 1. The van der Waals surface area contributed by atoms with Crippen LogP contribution in [0.3, 0.4) is 0 Å². The molecule has 0 bridgehead atoms. The molecule has 3 aromatic rings. The van der Waals surface area contributed by atoms with Crippen LogP contribution in [0.25, 0.3) is 11.0 Å². The van der Waals surface area contributed by atoms with E-state index >= 15 is 0 Å². The Kier molecular flexibility index (Phi) is 5.45. The second kappa shape index (κ2) is 7.66. The molecule has 2 heterocycles. The summed E-state index contributed by atoms with van der Waals surface area (Å²) in [6, 6.07) is 12.2. The molecule has 0 aliphatic carbocycles. The largest absolute Gasteiger partial charge is 0.350 e. The van der Waals surface area contributed by atoms with E-state index in [0.717, 1.165) is 29.0 Å². The van der Waals surface area contributed by atoms with Crippen LogP contribution in [0.2, 0.25) is 0 Å². The fourth-order valence-electron chi connectivity index (χ4n) is 3.05. The molecule has 0 saturated carbocycles. The lowest BCUT2D eigenvalue weighted by atomic mass is 10.1. The zero-order chi connectivity index (χ0) is 20.5. The molecule has 0 aliphatic heterocycles. The minimum atomic E-state index is -0.192. The number of pyridine rings is 1. The lowest BCUT2D eigenvalue weighted by Gasteiger charge is -2.22. The van der Waals surface area contributed by atoms with Crippen molar-refractivity contribution in [2.45, 2.75) is 59.5 Å². The molecule has 5 nitrogen and oxygen atoms in total. The van der Waals surface area contributed by atoms with Crippen molar-refractivity contribution in [3.05, 3.63) is 53.7 Å². The zero-order valence-electron chi connectivity index (χ0n) is 17.6. The number of nitrogens with one attached hydrogen (secondary N) is 2. The first-order valence-electron chi connectivity index (χ1n) is 9.86. The van der Waals surface area contributed by atoms with Crippen LogP contribution in [0.1, 0.15) is 57.0 Å². The fraction of sp³-hybridized carbons (Fsp3) is 0.391. The van der Waals surface area contributed by atoms with Crippen molar-refractivity contribution in [2.75, 3.05) is 5.32 Å². The van der Waals surface area contributed by atoms with E-state index in [9.17, 15) is 4.79 Å². The summed E-state index contributed by atoms with van der Waals surface area (Å²) in [5.41, 5.74) is 3.48. The maximum absolute atomic E-state index is 12.8. The number of rotatable bonds is 5. The lowest BCUT2D eigenvalue weighted by Crippen LogP contribution is -2.31. The van der Waals surface area contributed by atoms with Crippen molar-refractivity contribution >= 4 is 28.4 Å². The molecule has 5 heteroatoms. The normalized spacial score (nSPS) is 12.8. The smallest absolute Gasteiger partial charge is 0.253 e. The topological polar surface area (TPSA) is 59.0 Å². The summed E-state index contributed by atoms with van der Waals surface area (Å²) in [7, 11) is 0. The number of aryl methyl sites for hydroxylation is 1. The molecule has 1 atom stereocenters. The van der Waals surface area contributed by atoms with Gasteiger partial charge in [-0.1, -0.05) is 24.6 Å². The van der Waals surface area contributed by atoms with Gasteiger partial charge >= 0.3 is 0 Å². The van der Waals surface area contributed by atoms with Crippen LogP contribution in [0.5, 0.6) is 0 Å². The maximum atomic E-state index is 12.8. The van der Waals surface area contributed by atoms with E-state index in [0.29, 0.717) is 5.56 Å². The van der Waals surface area contributed by atoms with Crippen LogP contribution in [-0.4, -0.2) is 21.5 Å². The van der Waals surface area contributed by atoms with E-state index in [-0.39, 0.29) is 17.5 Å². The predicted octanol–water partition coefficient (Wildman–Crippen LogP) is 5.37. The number of benzene rings is 1. The Morgan fingerprint density at radius 3 is 2.43 bits per heavy atom. The maximum Gasteiger partial charge on any atom is 0.253 e. The molecule has 0 fully saturated rings. The van der Waals surface area contributed by atoms with Gasteiger partial charge in [-0.3, -0.25) is 4.79 Å². The van der Waals surface area contributed by atoms with E-state index in [1.807, 2.05) is 37.4 Å². The third-order valence-electron chi connectivity index (χ3n) is 4.93. The van der Waals surface area contributed by atoms with Gasteiger partial charge in [-0.25, -0.2) is 4.98 Å². The first-order valence-corrected chi connectivity index (χ1v) is 9.86. The third kappa shape index (κ3) is 4.19. The Bertz CT molecular complexity index is 980. The summed E-state index contributed by atoms with van der Waals surface area (Å²) in [6.45, 7) is 12.5. The van der Waals surface area contributed by atoms with Crippen molar-refractivity contribution in [3.8, 4) is 0 Å². The van der Waals surface area contributed by atoms with E-state index in [2.05, 4.69) is 62.0 Å². The number of nitrogens with zero attached hydrogens (tertiary/aromatic N) is 2. The molecule has 1 aromatic carbocycles. The van der Waals surface area contributed by atoms with Crippen molar-refractivity contribution in [2.24, 2.45) is 0 Å². The molecular formula is C23H30N4O.